The van der Waals surface area contributed by atoms with Crippen molar-refractivity contribution in [3.05, 3.63) is 30.2 Å². The van der Waals surface area contributed by atoms with Gasteiger partial charge in [-0.05, 0) is 18.2 Å². The van der Waals surface area contributed by atoms with Crippen molar-refractivity contribution in [1.82, 2.24) is 4.98 Å². The van der Waals surface area contributed by atoms with Crippen molar-refractivity contribution in [3.8, 4) is 5.75 Å². The van der Waals surface area contributed by atoms with Crippen molar-refractivity contribution < 1.29 is 34.3 Å². The highest BCUT2D eigenvalue weighted by Crippen LogP contribution is 2.30. The van der Waals surface area contributed by atoms with Crippen molar-refractivity contribution in [1.29, 1.82) is 0 Å². The fourth-order valence-electron chi connectivity index (χ4n) is 2.46. The number of aliphatic hydroxyl groups is 4. The van der Waals surface area contributed by atoms with Crippen LogP contribution in [0.15, 0.2) is 24.4 Å². The lowest BCUT2D eigenvalue weighted by molar-refractivity contribution is -0.277. The van der Waals surface area contributed by atoms with Crippen LogP contribution in [-0.2, 0) is 4.74 Å². The van der Waals surface area contributed by atoms with E-state index in [0.29, 0.717) is 16.7 Å². The fraction of sp³-hybridized carbons (Fsp3) is 0.429. The molecule has 1 aromatic heterocycles. The standard InChI is InChI=1S/C14H16FNO6/c15-6-1-2-7-8(3-6)16-4-9(7)21-14-13(20)12(19)11(18)10(5-17)22-14/h1-4,10-14,16-20H,5H2/t10-,11-,12+,13-,14-/m1/s1. The molecule has 0 aliphatic carbocycles. The van der Waals surface area contributed by atoms with Crippen LogP contribution >= 0.6 is 0 Å². The summed E-state index contributed by atoms with van der Waals surface area (Å²) in [5.41, 5.74) is 0.500. The summed E-state index contributed by atoms with van der Waals surface area (Å²) in [7, 11) is 0. The Kier molecular flexibility index (Phi) is 4.02. The van der Waals surface area contributed by atoms with Crippen LogP contribution in [0.25, 0.3) is 10.9 Å². The lowest BCUT2D eigenvalue weighted by Crippen LogP contribution is -2.60. The van der Waals surface area contributed by atoms with Gasteiger partial charge in [-0.3, -0.25) is 0 Å². The third-order valence-corrected chi connectivity index (χ3v) is 3.70. The molecule has 7 nitrogen and oxygen atoms in total. The maximum Gasteiger partial charge on any atom is 0.229 e. The summed E-state index contributed by atoms with van der Waals surface area (Å²) in [6.45, 7) is -0.538. The maximum absolute atomic E-state index is 13.1. The van der Waals surface area contributed by atoms with E-state index in [1.54, 1.807) is 0 Å². The average Bonchev–Trinajstić information content (AvgIpc) is 2.90. The van der Waals surface area contributed by atoms with E-state index < -0.39 is 43.1 Å². The third-order valence-electron chi connectivity index (χ3n) is 3.70. The van der Waals surface area contributed by atoms with Crippen molar-refractivity contribution in [2.75, 3.05) is 6.61 Å². The second-order valence-electron chi connectivity index (χ2n) is 5.16. The van der Waals surface area contributed by atoms with Crippen molar-refractivity contribution >= 4 is 10.9 Å². The van der Waals surface area contributed by atoms with Crippen LogP contribution in [0.4, 0.5) is 4.39 Å². The normalized spacial score (nSPS) is 32.3. The Morgan fingerprint density at radius 1 is 1.18 bits per heavy atom. The molecule has 22 heavy (non-hydrogen) atoms. The molecular weight excluding hydrogens is 297 g/mol. The van der Waals surface area contributed by atoms with Gasteiger partial charge in [-0.15, -0.1) is 0 Å². The molecule has 0 saturated carbocycles. The quantitative estimate of drug-likeness (QED) is 0.521. The van der Waals surface area contributed by atoms with Gasteiger partial charge in [0, 0.05) is 11.6 Å². The van der Waals surface area contributed by atoms with E-state index in [1.807, 2.05) is 0 Å². The van der Waals surface area contributed by atoms with Gasteiger partial charge in [-0.1, -0.05) is 0 Å². The molecule has 0 unspecified atom stereocenters. The van der Waals surface area contributed by atoms with Gasteiger partial charge in [-0.2, -0.15) is 0 Å². The summed E-state index contributed by atoms with van der Waals surface area (Å²) in [5.74, 6) is -0.118. The fourth-order valence-corrected chi connectivity index (χ4v) is 2.46. The molecule has 5 N–H and O–H groups in total. The Bertz CT molecular complexity index is 660. The number of benzene rings is 1. The number of ether oxygens (including phenoxy) is 2. The molecule has 120 valence electrons. The topological polar surface area (TPSA) is 115 Å². The first-order valence-corrected chi connectivity index (χ1v) is 6.75. The molecule has 1 aromatic carbocycles. The second kappa shape index (κ2) is 5.82. The number of hydrogen-bond acceptors (Lipinski definition) is 6. The first kappa shape index (κ1) is 15.2. The van der Waals surface area contributed by atoms with E-state index in [-0.39, 0.29) is 0 Å². The van der Waals surface area contributed by atoms with E-state index in [9.17, 15) is 19.7 Å². The summed E-state index contributed by atoms with van der Waals surface area (Å²) < 4.78 is 23.9. The highest BCUT2D eigenvalue weighted by atomic mass is 19.1. The highest BCUT2D eigenvalue weighted by Gasteiger charge is 2.44. The van der Waals surface area contributed by atoms with Gasteiger partial charge in [0.25, 0.3) is 0 Å². The molecular formula is C14H16FNO6. The van der Waals surface area contributed by atoms with E-state index in [0.717, 1.165) is 0 Å². The minimum absolute atomic E-state index is 0.291. The number of halogens is 1. The molecule has 1 fully saturated rings. The van der Waals surface area contributed by atoms with Gasteiger partial charge in [-0.25, -0.2) is 4.39 Å². The molecule has 8 heteroatoms. The van der Waals surface area contributed by atoms with Gasteiger partial charge >= 0.3 is 0 Å². The molecule has 1 aliphatic rings. The smallest absolute Gasteiger partial charge is 0.229 e. The van der Waals surface area contributed by atoms with Crippen LogP contribution in [0.2, 0.25) is 0 Å². The summed E-state index contributed by atoms with van der Waals surface area (Å²) in [5, 5.41) is 39.0. The number of aromatic nitrogens is 1. The van der Waals surface area contributed by atoms with E-state index in [2.05, 4.69) is 4.98 Å². The highest BCUT2D eigenvalue weighted by molar-refractivity contribution is 5.86. The Balaban J connectivity index is 1.84. The maximum atomic E-state index is 13.1. The number of aromatic amines is 1. The molecule has 0 spiro atoms. The minimum Gasteiger partial charge on any atom is -0.460 e. The minimum atomic E-state index is -1.52. The number of rotatable bonds is 3. The van der Waals surface area contributed by atoms with Crippen LogP contribution in [0, 0.1) is 5.82 Å². The summed E-state index contributed by atoms with van der Waals surface area (Å²) >= 11 is 0. The molecule has 0 amide bonds. The SMILES string of the molecule is OC[C@H]1O[C@@H](Oc2c[nH]c3cc(F)ccc23)[C@H](O)[C@@H](O)[C@@H]1O. The van der Waals surface area contributed by atoms with Crippen molar-refractivity contribution in [2.45, 2.75) is 30.7 Å². The Labute approximate surface area is 124 Å². The van der Waals surface area contributed by atoms with E-state index in [1.165, 1.54) is 24.4 Å². The molecule has 2 heterocycles. The zero-order valence-electron chi connectivity index (χ0n) is 11.4. The van der Waals surface area contributed by atoms with Crippen LogP contribution in [0.1, 0.15) is 0 Å². The predicted octanol–water partition coefficient (Wildman–Crippen LogP) is -0.514. The Morgan fingerprint density at radius 3 is 2.68 bits per heavy atom. The zero-order valence-corrected chi connectivity index (χ0v) is 11.4. The Hall–Kier alpha value is -1.71. The number of nitrogens with one attached hydrogen (secondary N) is 1. The first-order valence-electron chi connectivity index (χ1n) is 6.75. The van der Waals surface area contributed by atoms with Crippen LogP contribution < -0.4 is 4.74 Å². The molecule has 1 saturated heterocycles. The van der Waals surface area contributed by atoms with Gasteiger partial charge in [0.15, 0.2) is 0 Å². The van der Waals surface area contributed by atoms with Gasteiger partial charge in [0.05, 0.1) is 12.1 Å². The second-order valence-corrected chi connectivity index (χ2v) is 5.16. The van der Waals surface area contributed by atoms with Gasteiger partial charge in [0.2, 0.25) is 6.29 Å². The number of hydrogen-bond donors (Lipinski definition) is 5. The largest absolute Gasteiger partial charge is 0.460 e. The lowest BCUT2D eigenvalue weighted by atomic mass is 9.99. The molecule has 0 radical (unpaired) electrons. The summed E-state index contributed by atoms with van der Waals surface area (Å²) in [6.07, 6.45) is -5.32. The zero-order chi connectivity index (χ0) is 15.9. The van der Waals surface area contributed by atoms with Gasteiger partial charge in [0.1, 0.15) is 36.0 Å². The molecule has 2 aromatic rings. The van der Waals surface area contributed by atoms with Crippen LogP contribution in [0.3, 0.4) is 0 Å². The number of aliphatic hydroxyl groups excluding tert-OH is 4. The molecule has 3 rings (SSSR count). The number of fused-ring (bicyclic) bond motifs is 1. The lowest BCUT2D eigenvalue weighted by Gasteiger charge is -2.39. The number of H-pyrrole nitrogens is 1. The monoisotopic (exact) mass is 313 g/mol. The van der Waals surface area contributed by atoms with E-state index >= 15 is 0 Å². The van der Waals surface area contributed by atoms with Crippen molar-refractivity contribution in [2.24, 2.45) is 0 Å². The molecule has 5 atom stereocenters. The molecule has 0 bridgehead atoms. The first-order chi connectivity index (χ1) is 10.5. The Morgan fingerprint density at radius 2 is 1.95 bits per heavy atom. The predicted molar refractivity (Wildman–Crippen MR) is 72.7 cm³/mol. The summed E-state index contributed by atoms with van der Waals surface area (Å²) in [4.78, 5) is 2.82. The van der Waals surface area contributed by atoms with Crippen LogP contribution in [-0.4, -0.2) is 62.7 Å². The van der Waals surface area contributed by atoms with Crippen LogP contribution in [0.5, 0.6) is 5.75 Å². The van der Waals surface area contributed by atoms with Crippen molar-refractivity contribution in [3.63, 3.8) is 0 Å². The summed E-state index contributed by atoms with van der Waals surface area (Å²) in [6, 6.07) is 4.05. The third kappa shape index (κ3) is 2.55. The van der Waals surface area contributed by atoms with E-state index in [4.69, 9.17) is 14.6 Å². The average molecular weight is 313 g/mol. The van der Waals surface area contributed by atoms with Gasteiger partial charge < -0.3 is 34.9 Å². The molecule has 1 aliphatic heterocycles.